The largest absolute Gasteiger partial charge is 0.465 e. The van der Waals surface area contributed by atoms with Gasteiger partial charge in [0.25, 0.3) is 0 Å². The van der Waals surface area contributed by atoms with Crippen LogP contribution in [0.2, 0.25) is 0 Å². The van der Waals surface area contributed by atoms with E-state index in [0.717, 1.165) is 57.3 Å². The molecule has 1 aromatic heterocycles. The van der Waals surface area contributed by atoms with E-state index < -0.39 is 0 Å². The molecule has 0 aromatic carbocycles. The van der Waals surface area contributed by atoms with Gasteiger partial charge in [0.15, 0.2) is 0 Å². The molecule has 0 aliphatic carbocycles. The maximum absolute atomic E-state index is 11.9. The van der Waals surface area contributed by atoms with Crippen LogP contribution in [0.3, 0.4) is 0 Å². The summed E-state index contributed by atoms with van der Waals surface area (Å²) in [5, 5.41) is 0. The number of furan rings is 1. The smallest absolute Gasteiger partial charge is 0.222 e. The van der Waals surface area contributed by atoms with Crippen LogP contribution in [0.1, 0.15) is 30.8 Å². The highest BCUT2D eigenvalue weighted by Crippen LogP contribution is 2.35. The van der Waals surface area contributed by atoms with Crippen LogP contribution >= 0.6 is 0 Å². The number of amides is 1. The van der Waals surface area contributed by atoms with Crippen LogP contribution in [0.15, 0.2) is 16.5 Å². The van der Waals surface area contributed by atoms with E-state index in [-0.39, 0.29) is 6.10 Å². The van der Waals surface area contributed by atoms with Gasteiger partial charge < -0.3 is 14.1 Å². The van der Waals surface area contributed by atoms with Gasteiger partial charge in [-0.1, -0.05) is 0 Å². The summed E-state index contributed by atoms with van der Waals surface area (Å²) in [6, 6.07) is 4.11. The van der Waals surface area contributed by atoms with Crippen molar-refractivity contribution in [1.29, 1.82) is 0 Å². The predicted octanol–water partition coefficient (Wildman–Crippen LogP) is 2.05. The number of hydrogen-bond acceptors (Lipinski definition) is 4. The molecule has 3 saturated heterocycles. The molecule has 3 aliphatic heterocycles. The molecule has 5 nitrogen and oxygen atoms in total. The van der Waals surface area contributed by atoms with E-state index in [1.165, 1.54) is 6.42 Å². The number of rotatable bonds is 4. The highest BCUT2D eigenvalue weighted by Gasteiger charge is 2.42. The van der Waals surface area contributed by atoms with Crippen molar-refractivity contribution in [3.8, 4) is 0 Å². The molecule has 5 heteroatoms. The molecule has 3 aliphatic rings. The Balaban J connectivity index is 1.37. The van der Waals surface area contributed by atoms with Crippen molar-refractivity contribution in [1.82, 2.24) is 9.80 Å². The van der Waals surface area contributed by atoms with Gasteiger partial charge in [-0.25, -0.2) is 0 Å². The zero-order valence-electron chi connectivity index (χ0n) is 13.9. The van der Waals surface area contributed by atoms with Crippen LogP contribution < -0.4 is 0 Å². The number of nitrogens with zero attached hydrogens (tertiary/aromatic N) is 2. The van der Waals surface area contributed by atoms with E-state index in [1.807, 2.05) is 17.9 Å². The van der Waals surface area contributed by atoms with E-state index in [0.29, 0.717) is 24.2 Å². The lowest BCUT2D eigenvalue weighted by Crippen LogP contribution is -2.45. The molecular formula is C18H26N2O3. The van der Waals surface area contributed by atoms with Gasteiger partial charge in [0.1, 0.15) is 11.5 Å². The number of hydrogen-bond donors (Lipinski definition) is 0. The van der Waals surface area contributed by atoms with Crippen LogP contribution in [0, 0.1) is 18.8 Å². The van der Waals surface area contributed by atoms with Crippen molar-refractivity contribution >= 4 is 5.91 Å². The fourth-order valence-electron chi connectivity index (χ4n) is 4.34. The van der Waals surface area contributed by atoms with Crippen LogP contribution in [-0.2, 0) is 16.1 Å². The van der Waals surface area contributed by atoms with Gasteiger partial charge in [0.2, 0.25) is 5.91 Å². The Morgan fingerprint density at radius 1 is 1.30 bits per heavy atom. The molecule has 0 saturated carbocycles. The summed E-state index contributed by atoms with van der Waals surface area (Å²) in [5.74, 6) is 3.53. The summed E-state index contributed by atoms with van der Waals surface area (Å²) in [6.07, 6.45) is 3.12. The number of fused-ring (bicyclic) bond motifs is 1. The van der Waals surface area contributed by atoms with Crippen LogP contribution in [-0.4, -0.2) is 54.6 Å². The topological polar surface area (TPSA) is 45.9 Å². The van der Waals surface area contributed by atoms with Crippen molar-refractivity contribution < 1.29 is 13.9 Å². The molecule has 3 fully saturated rings. The Morgan fingerprint density at radius 3 is 2.96 bits per heavy atom. The van der Waals surface area contributed by atoms with Crippen molar-refractivity contribution in [3.63, 3.8) is 0 Å². The van der Waals surface area contributed by atoms with Crippen LogP contribution in [0.4, 0.5) is 0 Å². The van der Waals surface area contributed by atoms with E-state index >= 15 is 0 Å². The zero-order valence-corrected chi connectivity index (χ0v) is 13.9. The lowest BCUT2D eigenvalue weighted by atomic mass is 9.84. The second-order valence-corrected chi connectivity index (χ2v) is 7.28. The Labute approximate surface area is 137 Å². The molecule has 0 N–H and O–H groups in total. The third-order valence-corrected chi connectivity index (χ3v) is 5.64. The van der Waals surface area contributed by atoms with E-state index in [9.17, 15) is 4.79 Å². The number of carbonyl (C=O) groups excluding carboxylic acids is 1. The minimum atomic E-state index is 0.211. The average molecular weight is 318 g/mol. The molecule has 4 heterocycles. The van der Waals surface area contributed by atoms with Crippen molar-refractivity contribution in [2.24, 2.45) is 11.8 Å². The molecule has 0 bridgehead atoms. The summed E-state index contributed by atoms with van der Waals surface area (Å²) in [6.45, 7) is 7.59. The molecule has 3 atom stereocenters. The van der Waals surface area contributed by atoms with Crippen LogP contribution in [0.25, 0.3) is 0 Å². The summed E-state index contributed by atoms with van der Waals surface area (Å²) >= 11 is 0. The highest BCUT2D eigenvalue weighted by atomic mass is 16.5. The van der Waals surface area contributed by atoms with Crippen molar-refractivity contribution in [2.45, 2.75) is 38.8 Å². The number of piperidine rings is 1. The molecule has 23 heavy (non-hydrogen) atoms. The first kappa shape index (κ1) is 15.2. The first-order chi connectivity index (χ1) is 11.2. The third kappa shape index (κ3) is 3.17. The summed E-state index contributed by atoms with van der Waals surface area (Å²) in [7, 11) is 0. The Hall–Kier alpha value is -1.33. The quantitative estimate of drug-likeness (QED) is 0.852. The molecule has 126 valence electrons. The fraction of sp³-hybridized carbons (Fsp3) is 0.722. The standard InChI is InChI=1S/C18H26N2O3/c1-13-4-5-15(23-13)9-19-8-6-14-12-22-17(16(14)10-19)11-20-7-2-3-18(20)21/h4-5,14,16-17H,2-3,6-12H2,1H3/t14-,16-,17+/m0/s1. The molecule has 0 spiro atoms. The van der Waals surface area contributed by atoms with Crippen molar-refractivity contribution in [2.75, 3.05) is 32.8 Å². The number of carbonyl (C=O) groups is 1. The minimum absolute atomic E-state index is 0.211. The van der Waals surface area contributed by atoms with Gasteiger partial charge in [-0.05, 0) is 44.4 Å². The zero-order chi connectivity index (χ0) is 15.8. The molecule has 4 rings (SSSR count). The summed E-state index contributed by atoms with van der Waals surface area (Å²) < 4.78 is 11.8. The normalized spacial score (nSPS) is 31.8. The van der Waals surface area contributed by atoms with Gasteiger partial charge in [-0.15, -0.1) is 0 Å². The first-order valence-electron chi connectivity index (χ1n) is 8.86. The minimum Gasteiger partial charge on any atom is -0.465 e. The number of aryl methyl sites for hydroxylation is 1. The predicted molar refractivity (Wildman–Crippen MR) is 85.9 cm³/mol. The van der Waals surface area contributed by atoms with Gasteiger partial charge in [0, 0.05) is 32.0 Å². The second-order valence-electron chi connectivity index (χ2n) is 7.28. The van der Waals surface area contributed by atoms with Gasteiger partial charge >= 0.3 is 0 Å². The maximum atomic E-state index is 11.9. The number of ether oxygens (including phenoxy) is 1. The number of likely N-dealkylation sites (tertiary alicyclic amines) is 2. The molecule has 1 amide bonds. The van der Waals surface area contributed by atoms with Gasteiger partial charge in [-0.3, -0.25) is 9.69 Å². The lowest BCUT2D eigenvalue weighted by molar-refractivity contribution is -0.129. The van der Waals surface area contributed by atoms with Gasteiger partial charge in [-0.2, -0.15) is 0 Å². The molecule has 1 aromatic rings. The van der Waals surface area contributed by atoms with Gasteiger partial charge in [0.05, 0.1) is 19.3 Å². The van der Waals surface area contributed by atoms with E-state index in [2.05, 4.69) is 11.0 Å². The Morgan fingerprint density at radius 2 is 2.22 bits per heavy atom. The average Bonchev–Trinajstić information content (AvgIpc) is 3.23. The SMILES string of the molecule is Cc1ccc(CN2CC[C@H]3CO[C@H](CN4CCCC4=O)[C@H]3C2)o1. The van der Waals surface area contributed by atoms with Crippen LogP contribution in [0.5, 0.6) is 0 Å². The molecular weight excluding hydrogens is 292 g/mol. The third-order valence-electron chi connectivity index (χ3n) is 5.64. The fourth-order valence-corrected chi connectivity index (χ4v) is 4.34. The molecule has 0 unspecified atom stereocenters. The molecule has 0 radical (unpaired) electrons. The van der Waals surface area contributed by atoms with Crippen molar-refractivity contribution in [3.05, 3.63) is 23.7 Å². The summed E-state index contributed by atoms with van der Waals surface area (Å²) in [4.78, 5) is 16.4. The Bertz CT molecular complexity index is 570. The Kier molecular flexibility index (Phi) is 4.16. The highest BCUT2D eigenvalue weighted by molar-refractivity contribution is 5.78. The lowest BCUT2D eigenvalue weighted by Gasteiger charge is -2.36. The second kappa shape index (κ2) is 6.29. The monoisotopic (exact) mass is 318 g/mol. The first-order valence-corrected chi connectivity index (χ1v) is 8.86. The van der Waals surface area contributed by atoms with E-state index in [4.69, 9.17) is 9.15 Å². The maximum Gasteiger partial charge on any atom is 0.222 e. The summed E-state index contributed by atoms with van der Waals surface area (Å²) in [5.41, 5.74) is 0. The van der Waals surface area contributed by atoms with E-state index in [1.54, 1.807) is 0 Å².